The van der Waals surface area contributed by atoms with Gasteiger partial charge in [0.05, 0.1) is 25.2 Å². The van der Waals surface area contributed by atoms with Crippen LogP contribution >= 0.6 is 23.2 Å². The fourth-order valence-electron chi connectivity index (χ4n) is 6.75. The number of esters is 1. The van der Waals surface area contributed by atoms with E-state index in [2.05, 4.69) is 24.7 Å². The number of carbonyl (C=O) groups excluding carboxylic acids is 2. The van der Waals surface area contributed by atoms with Crippen LogP contribution in [0.3, 0.4) is 0 Å². The zero-order valence-electron chi connectivity index (χ0n) is 29.1. The van der Waals surface area contributed by atoms with Crippen molar-refractivity contribution in [1.82, 2.24) is 29.7 Å². The van der Waals surface area contributed by atoms with Gasteiger partial charge in [-0.1, -0.05) is 23.2 Å². The fourth-order valence-corrected chi connectivity index (χ4v) is 7.28. The van der Waals surface area contributed by atoms with Crippen molar-refractivity contribution in [2.45, 2.75) is 58.2 Å². The number of hydrogen-bond donors (Lipinski definition) is 0. The number of pyridine rings is 1. The van der Waals surface area contributed by atoms with Crippen molar-refractivity contribution in [3.8, 4) is 22.9 Å². The normalized spacial score (nSPS) is 19.2. The van der Waals surface area contributed by atoms with Gasteiger partial charge in [0.2, 0.25) is 11.8 Å². The van der Waals surface area contributed by atoms with Crippen molar-refractivity contribution < 1.29 is 23.8 Å². The molecular formula is C36H45Cl2N7O5. The summed E-state index contributed by atoms with van der Waals surface area (Å²) in [6.45, 7) is 12.5. The van der Waals surface area contributed by atoms with E-state index in [1.807, 2.05) is 45.0 Å². The van der Waals surface area contributed by atoms with Crippen LogP contribution in [0.4, 0.5) is 10.7 Å². The van der Waals surface area contributed by atoms with Crippen molar-refractivity contribution in [3.05, 3.63) is 58.3 Å². The van der Waals surface area contributed by atoms with Crippen LogP contribution in [0, 0.1) is 5.92 Å². The molecule has 1 aromatic carbocycles. The molecule has 3 saturated heterocycles. The smallest absolute Gasteiger partial charge is 0.410 e. The van der Waals surface area contributed by atoms with Crippen molar-refractivity contribution in [2.75, 3.05) is 64.4 Å². The van der Waals surface area contributed by atoms with Crippen LogP contribution in [0.5, 0.6) is 11.6 Å². The van der Waals surface area contributed by atoms with E-state index < -0.39 is 5.60 Å². The summed E-state index contributed by atoms with van der Waals surface area (Å²) in [5.41, 5.74) is 1.96. The van der Waals surface area contributed by atoms with E-state index in [1.165, 1.54) is 7.11 Å². The SMILES string of the molecule is COC(=O)CC1CCN(Cc2cc(Oc3cnc(N4CCN5CCN(C(=O)OC(C)(C)C)CC5C4)nc3)nc(-c3cc(Cl)cc(Cl)c3)c2)CC1. The van der Waals surface area contributed by atoms with Crippen molar-refractivity contribution in [1.29, 1.82) is 0 Å². The molecule has 0 aliphatic carbocycles. The average Bonchev–Trinajstić information content (AvgIpc) is 3.07. The number of likely N-dealkylation sites (tertiary alicyclic amines) is 1. The molecule has 0 N–H and O–H groups in total. The quantitative estimate of drug-likeness (QED) is 0.249. The maximum absolute atomic E-state index is 12.7. The van der Waals surface area contributed by atoms with Gasteiger partial charge >= 0.3 is 12.1 Å². The Balaban J connectivity index is 1.14. The number of carbonyl (C=O) groups is 2. The summed E-state index contributed by atoms with van der Waals surface area (Å²) in [6.07, 6.45) is 5.38. The molecule has 5 heterocycles. The highest BCUT2D eigenvalue weighted by molar-refractivity contribution is 6.35. The summed E-state index contributed by atoms with van der Waals surface area (Å²) in [6, 6.07) is 9.48. The molecule has 6 rings (SSSR count). The van der Waals surface area contributed by atoms with E-state index in [4.69, 9.17) is 42.4 Å². The molecular weight excluding hydrogens is 681 g/mol. The Bertz CT molecular complexity index is 1640. The Morgan fingerprint density at radius 3 is 2.28 bits per heavy atom. The average molecular weight is 727 g/mol. The lowest BCUT2D eigenvalue weighted by Crippen LogP contribution is -2.63. The van der Waals surface area contributed by atoms with Gasteiger partial charge in [-0.25, -0.2) is 19.7 Å². The van der Waals surface area contributed by atoms with Gasteiger partial charge in [-0.2, -0.15) is 0 Å². The minimum absolute atomic E-state index is 0.153. The summed E-state index contributed by atoms with van der Waals surface area (Å²) in [5.74, 6) is 1.66. The van der Waals surface area contributed by atoms with Crippen molar-refractivity contribution >= 4 is 41.2 Å². The number of methoxy groups -OCH3 is 1. The molecule has 0 bridgehead atoms. The van der Waals surface area contributed by atoms with Crippen LogP contribution in [0.15, 0.2) is 42.7 Å². The number of hydrogen-bond acceptors (Lipinski definition) is 11. The summed E-state index contributed by atoms with van der Waals surface area (Å²) in [4.78, 5) is 47.4. The van der Waals surface area contributed by atoms with Gasteiger partial charge in [0.1, 0.15) is 5.60 Å². The topological polar surface area (TPSA) is 113 Å². The summed E-state index contributed by atoms with van der Waals surface area (Å²) >= 11 is 12.7. The minimum Gasteiger partial charge on any atom is -0.469 e. The summed E-state index contributed by atoms with van der Waals surface area (Å²) < 4.78 is 16.7. The second-order valence-corrected chi connectivity index (χ2v) is 15.1. The largest absolute Gasteiger partial charge is 0.469 e. The molecule has 3 aliphatic heterocycles. The number of piperidine rings is 1. The van der Waals surface area contributed by atoms with Gasteiger partial charge in [0, 0.05) is 80.0 Å². The van der Waals surface area contributed by atoms with E-state index in [9.17, 15) is 9.59 Å². The summed E-state index contributed by atoms with van der Waals surface area (Å²) in [7, 11) is 1.44. The van der Waals surface area contributed by atoms with E-state index >= 15 is 0 Å². The Hall–Kier alpha value is -3.71. The number of benzene rings is 1. The first kappa shape index (κ1) is 36.1. The number of amides is 1. The predicted octanol–water partition coefficient (Wildman–Crippen LogP) is 6.15. The van der Waals surface area contributed by atoms with Gasteiger partial charge in [-0.15, -0.1) is 0 Å². The number of rotatable bonds is 8. The van der Waals surface area contributed by atoms with E-state index in [-0.39, 0.29) is 18.1 Å². The van der Waals surface area contributed by atoms with Gasteiger partial charge in [0.15, 0.2) is 5.75 Å². The highest BCUT2D eigenvalue weighted by Crippen LogP contribution is 2.31. The molecule has 1 atom stereocenters. The molecule has 3 fully saturated rings. The molecule has 0 saturated carbocycles. The summed E-state index contributed by atoms with van der Waals surface area (Å²) in [5, 5.41) is 1.04. The maximum Gasteiger partial charge on any atom is 0.410 e. The third-order valence-corrected chi connectivity index (χ3v) is 9.72. The Labute approximate surface area is 303 Å². The number of piperazine rings is 2. The lowest BCUT2D eigenvalue weighted by atomic mass is 9.93. The Morgan fingerprint density at radius 2 is 1.60 bits per heavy atom. The van der Waals surface area contributed by atoms with Gasteiger partial charge in [-0.05, 0) is 82.4 Å². The molecule has 2 aromatic heterocycles. The van der Waals surface area contributed by atoms with Crippen LogP contribution in [0.2, 0.25) is 10.0 Å². The molecule has 1 amide bonds. The highest BCUT2D eigenvalue weighted by atomic mass is 35.5. The lowest BCUT2D eigenvalue weighted by Gasteiger charge is -2.47. The molecule has 3 aromatic rings. The van der Waals surface area contributed by atoms with E-state index in [1.54, 1.807) is 23.4 Å². The number of nitrogens with zero attached hydrogens (tertiary/aromatic N) is 7. The van der Waals surface area contributed by atoms with Crippen LogP contribution in [-0.4, -0.2) is 113 Å². The monoisotopic (exact) mass is 725 g/mol. The molecule has 14 heteroatoms. The molecule has 3 aliphatic rings. The number of anilines is 1. The Morgan fingerprint density at radius 1 is 0.900 bits per heavy atom. The second kappa shape index (κ2) is 15.7. The number of aromatic nitrogens is 3. The fraction of sp³-hybridized carbons (Fsp3) is 0.528. The number of fused-ring (bicyclic) bond motifs is 1. The number of ether oxygens (including phenoxy) is 3. The molecule has 268 valence electrons. The van der Waals surface area contributed by atoms with Crippen LogP contribution < -0.4 is 9.64 Å². The van der Waals surface area contributed by atoms with Gasteiger partial charge in [-0.3, -0.25) is 14.6 Å². The van der Waals surface area contributed by atoms with Crippen molar-refractivity contribution in [2.24, 2.45) is 5.92 Å². The minimum atomic E-state index is -0.531. The standard InChI is InChI=1S/C36H45Cl2N7O5/c1-36(2,3)50-35(47)45-12-10-43-9-11-44(22-29(43)23-45)34-39-19-30(20-40-34)49-32-14-25(13-31(41-32)26-16-27(37)18-28(38)17-26)21-42-7-5-24(6-8-42)15-33(46)48-4/h13-14,16-20,24,29H,5-12,15,21-23H2,1-4H3. The second-order valence-electron chi connectivity index (χ2n) is 14.2. The molecule has 0 radical (unpaired) electrons. The maximum atomic E-state index is 12.7. The highest BCUT2D eigenvalue weighted by Gasteiger charge is 2.36. The third-order valence-electron chi connectivity index (χ3n) is 9.28. The third kappa shape index (κ3) is 9.54. The molecule has 1 unspecified atom stereocenters. The predicted molar refractivity (Wildman–Crippen MR) is 192 cm³/mol. The first-order chi connectivity index (χ1) is 23.9. The van der Waals surface area contributed by atoms with E-state index in [0.29, 0.717) is 71.8 Å². The van der Waals surface area contributed by atoms with Crippen LogP contribution in [0.1, 0.15) is 45.6 Å². The zero-order chi connectivity index (χ0) is 35.4. The molecule has 50 heavy (non-hydrogen) atoms. The van der Waals surface area contributed by atoms with Crippen molar-refractivity contribution in [3.63, 3.8) is 0 Å². The molecule has 0 spiro atoms. The van der Waals surface area contributed by atoms with Crippen LogP contribution in [0.25, 0.3) is 11.3 Å². The lowest BCUT2D eigenvalue weighted by molar-refractivity contribution is -0.142. The van der Waals surface area contributed by atoms with E-state index in [0.717, 1.165) is 56.7 Å². The van der Waals surface area contributed by atoms with Gasteiger partial charge < -0.3 is 24.0 Å². The Kier molecular flexibility index (Phi) is 11.3. The first-order valence-corrected chi connectivity index (χ1v) is 17.9. The van der Waals surface area contributed by atoms with Gasteiger partial charge in [0.25, 0.3) is 0 Å². The molecule has 12 nitrogen and oxygen atoms in total. The first-order valence-electron chi connectivity index (χ1n) is 17.1. The zero-order valence-corrected chi connectivity index (χ0v) is 30.6. The number of halogens is 2. The van der Waals surface area contributed by atoms with Crippen LogP contribution in [-0.2, 0) is 20.8 Å².